The smallest absolute Gasteiger partial charge is 0.327 e. The van der Waals surface area contributed by atoms with Crippen molar-refractivity contribution in [2.75, 3.05) is 12.5 Å². The van der Waals surface area contributed by atoms with Gasteiger partial charge in [0, 0.05) is 17.5 Å². The number of rotatable bonds is 6. The van der Waals surface area contributed by atoms with Gasteiger partial charge in [-0.2, -0.15) is 12.6 Å². The first-order valence-electron chi connectivity index (χ1n) is 5.43. The van der Waals surface area contributed by atoms with E-state index in [9.17, 15) is 9.59 Å². The summed E-state index contributed by atoms with van der Waals surface area (Å²) in [4.78, 5) is 26.2. The fourth-order valence-corrected chi connectivity index (χ4v) is 1.54. The van der Waals surface area contributed by atoms with E-state index < -0.39 is 17.9 Å². The van der Waals surface area contributed by atoms with Gasteiger partial charge in [0.15, 0.2) is 0 Å². The van der Waals surface area contributed by atoms with Crippen molar-refractivity contribution in [1.82, 2.24) is 5.32 Å². The van der Waals surface area contributed by atoms with Crippen LogP contribution in [0.25, 0.3) is 0 Å². The summed E-state index contributed by atoms with van der Waals surface area (Å²) in [6.07, 6.45) is 1.47. The first-order valence-corrected chi connectivity index (χ1v) is 6.07. The molecule has 6 nitrogen and oxygen atoms in total. The summed E-state index contributed by atoms with van der Waals surface area (Å²) in [7, 11) is 0. The Morgan fingerprint density at radius 1 is 1.37 bits per heavy atom. The standard InChI is InChI=1S/C12H14N2O4S/c15-7-13-5-8-1-3-9(4-2-8)11(16)14-10(6-19)12(17)18/h1-5,10,15,19H,6-7H2,(H,14,16)(H,17,18)/t10-/m0/s1. The summed E-state index contributed by atoms with van der Waals surface area (Å²) < 4.78 is 0. The minimum absolute atomic E-state index is 0.0162. The van der Waals surface area contributed by atoms with E-state index in [4.69, 9.17) is 10.2 Å². The number of thiol groups is 1. The Hall–Kier alpha value is -1.86. The molecule has 0 radical (unpaired) electrons. The molecule has 19 heavy (non-hydrogen) atoms. The summed E-state index contributed by atoms with van der Waals surface area (Å²) in [5.74, 6) is -1.59. The number of amides is 1. The van der Waals surface area contributed by atoms with Crippen LogP contribution in [-0.2, 0) is 4.79 Å². The van der Waals surface area contributed by atoms with Crippen molar-refractivity contribution < 1.29 is 19.8 Å². The summed E-state index contributed by atoms with van der Waals surface area (Å²) >= 11 is 3.86. The van der Waals surface area contributed by atoms with Crippen LogP contribution in [0.15, 0.2) is 29.3 Å². The van der Waals surface area contributed by atoms with Gasteiger partial charge in [-0.1, -0.05) is 12.1 Å². The number of aliphatic carboxylic acids is 1. The third-order valence-electron chi connectivity index (χ3n) is 2.28. The lowest BCUT2D eigenvalue weighted by molar-refractivity contribution is -0.138. The largest absolute Gasteiger partial charge is 0.480 e. The average Bonchev–Trinajstić information content (AvgIpc) is 2.42. The zero-order chi connectivity index (χ0) is 14.3. The Balaban J connectivity index is 2.72. The number of aliphatic hydroxyl groups excluding tert-OH is 1. The number of nitrogens with one attached hydrogen (secondary N) is 1. The predicted molar refractivity (Wildman–Crippen MR) is 73.9 cm³/mol. The summed E-state index contributed by atoms with van der Waals surface area (Å²) in [5, 5.41) is 19.7. The van der Waals surface area contributed by atoms with Crippen LogP contribution < -0.4 is 5.32 Å². The zero-order valence-corrected chi connectivity index (χ0v) is 10.9. The number of carboxylic acid groups (broad SMARTS) is 1. The second kappa shape index (κ2) is 7.55. The van der Waals surface area contributed by atoms with E-state index in [0.717, 1.165) is 5.56 Å². The van der Waals surface area contributed by atoms with Gasteiger partial charge >= 0.3 is 5.97 Å². The third kappa shape index (κ3) is 4.72. The molecule has 1 aromatic carbocycles. The number of benzene rings is 1. The van der Waals surface area contributed by atoms with E-state index in [1.807, 2.05) is 0 Å². The molecule has 1 aromatic rings. The predicted octanol–water partition coefficient (Wildman–Crippen LogP) is 0.168. The van der Waals surface area contributed by atoms with Gasteiger partial charge in [-0.25, -0.2) is 4.79 Å². The maximum atomic E-state index is 11.8. The Labute approximate surface area is 115 Å². The third-order valence-corrected chi connectivity index (χ3v) is 2.65. The highest BCUT2D eigenvalue weighted by Gasteiger charge is 2.18. The van der Waals surface area contributed by atoms with E-state index in [-0.39, 0.29) is 12.5 Å². The molecule has 3 N–H and O–H groups in total. The molecule has 0 spiro atoms. The lowest BCUT2D eigenvalue weighted by atomic mass is 10.1. The second-order valence-corrected chi connectivity index (χ2v) is 3.99. The Kier molecular flexibility index (Phi) is 6.04. The maximum Gasteiger partial charge on any atom is 0.327 e. The number of carboxylic acids is 1. The van der Waals surface area contributed by atoms with Gasteiger partial charge < -0.3 is 15.5 Å². The molecule has 102 valence electrons. The first kappa shape index (κ1) is 15.2. The number of carbonyl (C=O) groups excluding carboxylic acids is 1. The van der Waals surface area contributed by atoms with Crippen LogP contribution in [0.4, 0.5) is 0 Å². The fraction of sp³-hybridized carbons (Fsp3) is 0.250. The molecule has 0 aliphatic heterocycles. The number of aliphatic hydroxyl groups is 1. The molecule has 0 aromatic heterocycles. The second-order valence-electron chi connectivity index (χ2n) is 3.62. The molecule has 0 aliphatic rings. The van der Waals surface area contributed by atoms with Gasteiger partial charge in [0.05, 0.1) is 0 Å². The van der Waals surface area contributed by atoms with Crippen molar-refractivity contribution in [1.29, 1.82) is 0 Å². The van der Waals surface area contributed by atoms with Crippen molar-refractivity contribution in [3.63, 3.8) is 0 Å². The van der Waals surface area contributed by atoms with Gasteiger partial charge in [0.25, 0.3) is 5.91 Å². The van der Waals surface area contributed by atoms with E-state index in [1.54, 1.807) is 24.3 Å². The van der Waals surface area contributed by atoms with Crippen LogP contribution in [0.5, 0.6) is 0 Å². The quantitative estimate of drug-likeness (QED) is 0.441. The van der Waals surface area contributed by atoms with Crippen LogP contribution in [-0.4, -0.2) is 46.8 Å². The SMILES string of the molecule is O=C(N[C@@H](CS)C(=O)O)c1ccc(C=NCO)cc1. The number of nitrogens with zero attached hydrogens (tertiary/aromatic N) is 1. The molecule has 0 bridgehead atoms. The molecule has 1 atom stereocenters. The molecule has 7 heteroatoms. The van der Waals surface area contributed by atoms with Gasteiger partial charge in [-0.3, -0.25) is 9.79 Å². The van der Waals surface area contributed by atoms with Crippen molar-refractivity contribution >= 4 is 30.7 Å². The minimum Gasteiger partial charge on any atom is -0.480 e. The lowest BCUT2D eigenvalue weighted by Crippen LogP contribution is -2.42. The molecule has 0 fully saturated rings. The van der Waals surface area contributed by atoms with Crippen molar-refractivity contribution in [3.8, 4) is 0 Å². The van der Waals surface area contributed by atoms with Crippen LogP contribution in [0.1, 0.15) is 15.9 Å². The zero-order valence-electron chi connectivity index (χ0n) is 9.98. The molecule has 0 unspecified atom stereocenters. The van der Waals surface area contributed by atoms with Crippen molar-refractivity contribution in [3.05, 3.63) is 35.4 Å². The normalized spacial score (nSPS) is 12.3. The first-order chi connectivity index (χ1) is 9.08. The van der Waals surface area contributed by atoms with Gasteiger partial charge in [0.1, 0.15) is 12.8 Å². The number of aliphatic imine (C=N–C) groups is 1. The Bertz CT molecular complexity index is 473. The van der Waals surface area contributed by atoms with E-state index in [1.165, 1.54) is 6.21 Å². The maximum absolute atomic E-state index is 11.8. The monoisotopic (exact) mass is 282 g/mol. The lowest BCUT2D eigenvalue weighted by Gasteiger charge is -2.11. The molecular weight excluding hydrogens is 268 g/mol. The van der Waals surface area contributed by atoms with E-state index in [0.29, 0.717) is 5.56 Å². The van der Waals surface area contributed by atoms with Crippen LogP contribution in [0.3, 0.4) is 0 Å². The molecule has 0 heterocycles. The molecule has 0 saturated carbocycles. The average molecular weight is 282 g/mol. The van der Waals surface area contributed by atoms with Crippen molar-refractivity contribution in [2.24, 2.45) is 4.99 Å². The Morgan fingerprint density at radius 2 is 2.00 bits per heavy atom. The summed E-state index contributed by atoms with van der Waals surface area (Å²) in [6.45, 7) is -0.301. The Morgan fingerprint density at radius 3 is 2.47 bits per heavy atom. The number of hydrogen-bond acceptors (Lipinski definition) is 5. The van der Waals surface area contributed by atoms with Gasteiger partial charge in [0.2, 0.25) is 0 Å². The van der Waals surface area contributed by atoms with Gasteiger partial charge in [-0.15, -0.1) is 0 Å². The summed E-state index contributed by atoms with van der Waals surface area (Å²) in [6, 6.07) is 5.36. The molecule has 1 amide bonds. The fourth-order valence-electron chi connectivity index (χ4n) is 1.29. The van der Waals surface area contributed by atoms with Crippen LogP contribution in [0, 0.1) is 0 Å². The molecule has 0 aliphatic carbocycles. The van der Waals surface area contributed by atoms with Crippen molar-refractivity contribution in [2.45, 2.75) is 6.04 Å². The highest BCUT2D eigenvalue weighted by molar-refractivity contribution is 7.80. The molecule has 1 rings (SSSR count). The number of hydrogen-bond donors (Lipinski definition) is 4. The molecular formula is C12H14N2O4S. The highest BCUT2D eigenvalue weighted by Crippen LogP contribution is 2.03. The topological polar surface area (TPSA) is 99.0 Å². The number of carbonyl (C=O) groups is 2. The van der Waals surface area contributed by atoms with Crippen LogP contribution in [0.2, 0.25) is 0 Å². The summed E-state index contributed by atoms with van der Waals surface area (Å²) in [5.41, 5.74) is 1.07. The van der Waals surface area contributed by atoms with E-state index >= 15 is 0 Å². The van der Waals surface area contributed by atoms with Crippen LogP contribution >= 0.6 is 12.6 Å². The minimum atomic E-state index is -1.13. The molecule has 0 saturated heterocycles. The highest BCUT2D eigenvalue weighted by atomic mass is 32.1. The van der Waals surface area contributed by atoms with E-state index in [2.05, 4.69) is 22.9 Å². The van der Waals surface area contributed by atoms with Gasteiger partial charge in [-0.05, 0) is 17.7 Å².